The molecule has 0 bridgehead atoms. The molecule has 0 saturated carbocycles. The second-order valence-electron chi connectivity index (χ2n) is 5.07. The second-order valence-corrected chi connectivity index (χ2v) is 5.07. The monoisotopic (exact) mass is 239 g/mol. The van der Waals surface area contributed by atoms with E-state index < -0.39 is 0 Å². The molecule has 98 valence electrons. The van der Waals surface area contributed by atoms with Crippen molar-refractivity contribution in [1.29, 1.82) is 0 Å². The summed E-state index contributed by atoms with van der Waals surface area (Å²) < 4.78 is 0. The molecule has 17 heavy (non-hydrogen) atoms. The van der Waals surface area contributed by atoms with Crippen LogP contribution in [0.25, 0.3) is 0 Å². The molecule has 0 atom stereocenters. The minimum atomic E-state index is 0.272. The maximum Gasteiger partial charge on any atom is 0.320 e. The minimum absolute atomic E-state index is 0.272. The summed E-state index contributed by atoms with van der Waals surface area (Å²) in [5.41, 5.74) is 0. The van der Waals surface area contributed by atoms with Crippen LogP contribution in [0.5, 0.6) is 0 Å². The van der Waals surface area contributed by atoms with Crippen molar-refractivity contribution in [1.82, 2.24) is 14.7 Å². The fraction of sp³-hybridized carbons (Fsp3) is 0.923. The molecule has 2 aliphatic heterocycles. The van der Waals surface area contributed by atoms with Crippen molar-refractivity contribution in [2.75, 3.05) is 39.3 Å². The first-order chi connectivity index (χ1) is 8.26. The topological polar surface area (TPSA) is 26.8 Å². The molecule has 0 aliphatic carbocycles. The summed E-state index contributed by atoms with van der Waals surface area (Å²) >= 11 is 0. The number of nitrogens with zero attached hydrogens (tertiary/aromatic N) is 3. The van der Waals surface area contributed by atoms with Gasteiger partial charge in [-0.15, -0.1) is 0 Å². The van der Waals surface area contributed by atoms with E-state index in [4.69, 9.17) is 0 Å². The standard InChI is InChI=1S/C13H25N3O/c1-3-14-10-6-12(7-11-14)16-9-5-8-15(4-2)13(16)17/h12H,3-11H2,1-2H3. The largest absolute Gasteiger partial charge is 0.325 e. The van der Waals surface area contributed by atoms with E-state index in [-0.39, 0.29) is 6.03 Å². The van der Waals surface area contributed by atoms with Crippen LogP contribution in [0.15, 0.2) is 0 Å². The van der Waals surface area contributed by atoms with Gasteiger partial charge in [0.2, 0.25) is 0 Å². The Morgan fingerprint density at radius 2 is 1.76 bits per heavy atom. The van der Waals surface area contributed by atoms with Crippen LogP contribution < -0.4 is 0 Å². The molecule has 0 aromatic carbocycles. The highest BCUT2D eigenvalue weighted by Crippen LogP contribution is 2.20. The zero-order chi connectivity index (χ0) is 12.3. The molecule has 0 aromatic heterocycles. The summed E-state index contributed by atoms with van der Waals surface area (Å²) in [6.45, 7) is 10.5. The second kappa shape index (κ2) is 5.71. The van der Waals surface area contributed by atoms with E-state index in [1.807, 2.05) is 4.90 Å². The molecule has 0 unspecified atom stereocenters. The Morgan fingerprint density at radius 1 is 1.06 bits per heavy atom. The molecule has 0 spiro atoms. The van der Waals surface area contributed by atoms with Crippen LogP contribution in [0.1, 0.15) is 33.1 Å². The molecular weight excluding hydrogens is 214 g/mol. The van der Waals surface area contributed by atoms with Gasteiger partial charge in [-0.05, 0) is 32.7 Å². The number of piperidine rings is 1. The van der Waals surface area contributed by atoms with E-state index in [2.05, 4.69) is 23.6 Å². The first-order valence-electron chi connectivity index (χ1n) is 7.04. The first-order valence-corrected chi connectivity index (χ1v) is 7.04. The van der Waals surface area contributed by atoms with Gasteiger partial charge in [0.1, 0.15) is 0 Å². The number of likely N-dealkylation sites (tertiary alicyclic amines) is 1. The molecule has 2 saturated heterocycles. The third-order valence-corrected chi connectivity index (χ3v) is 4.17. The van der Waals surface area contributed by atoms with E-state index in [9.17, 15) is 4.79 Å². The van der Waals surface area contributed by atoms with Crippen molar-refractivity contribution in [3.63, 3.8) is 0 Å². The van der Waals surface area contributed by atoms with Gasteiger partial charge in [0.05, 0.1) is 0 Å². The molecule has 0 aromatic rings. The van der Waals surface area contributed by atoms with Gasteiger partial charge in [-0.1, -0.05) is 6.92 Å². The zero-order valence-corrected chi connectivity index (χ0v) is 11.2. The fourth-order valence-corrected chi connectivity index (χ4v) is 2.98. The first kappa shape index (κ1) is 12.7. The van der Waals surface area contributed by atoms with E-state index in [1.54, 1.807) is 0 Å². The van der Waals surface area contributed by atoms with E-state index in [0.717, 1.165) is 58.5 Å². The molecule has 2 fully saturated rings. The predicted octanol–water partition coefficient (Wildman–Crippen LogP) is 1.62. The van der Waals surface area contributed by atoms with Crippen molar-refractivity contribution in [3.05, 3.63) is 0 Å². The number of amides is 2. The molecule has 0 N–H and O–H groups in total. The fourth-order valence-electron chi connectivity index (χ4n) is 2.98. The summed E-state index contributed by atoms with van der Waals surface area (Å²) in [5.74, 6) is 0. The average molecular weight is 239 g/mol. The van der Waals surface area contributed by atoms with Crippen LogP contribution in [0.2, 0.25) is 0 Å². The summed E-state index contributed by atoms with van der Waals surface area (Å²) in [6.07, 6.45) is 3.43. The Bertz CT molecular complexity index is 261. The number of carbonyl (C=O) groups excluding carboxylic acids is 1. The van der Waals surface area contributed by atoms with E-state index >= 15 is 0 Å². The Balaban J connectivity index is 1.91. The molecule has 2 amide bonds. The lowest BCUT2D eigenvalue weighted by atomic mass is 10.0. The van der Waals surface area contributed by atoms with Crippen LogP contribution in [0.4, 0.5) is 4.79 Å². The highest BCUT2D eigenvalue weighted by Gasteiger charge is 2.32. The Labute approximate surface area is 105 Å². The van der Waals surface area contributed by atoms with Crippen LogP contribution in [0, 0.1) is 0 Å². The van der Waals surface area contributed by atoms with Crippen LogP contribution >= 0.6 is 0 Å². The summed E-state index contributed by atoms with van der Waals surface area (Å²) in [7, 11) is 0. The van der Waals surface area contributed by atoms with Crippen molar-refractivity contribution in [2.24, 2.45) is 0 Å². The Kier molecular flexibility index (Phi) is 4.26. The number of hydrogen-bond acceptors (Lipinski definition) is 2. The molecule has 0 radical (unpaired) electrons. The zero-order valence-electron chi connectivity index (χ0n) is 11.2. The number of urea groups is 1. The Morgan fingerprint density at radius 3 is 2.35 bits per heavy atom. The molecule has 4 heteroatoms. The lowest BCUT2D eigenvalue weighted by Crippen LogP contribution is -2.55. The van der Waals surface area contributed by atoms with Gasteiger partial charge in [0.25, 0.3) is 0 Å². The quantitative estimate of drug-likeness (QED) is 0.748. The van der Waals surface area contributed by atoms with Crippen LogP contribution in [0.3, 0.4) is 0 Å². The van der Waals surface area contributed by atoms with E-state index in [0.29, 0.717) is 6.04 Å². The lowest BCUT2D eigenvalue weighted by Gasteiger charge is -2.43. The van der Waals surface area contributed by atoms with Gasteiger partial charge in [-0.2, -0.15) is 0 Å². The van der Waals surface area contributed by atoms with Crippen LogP contribution in [-0.4, -0.2) is 66.0 Å². The molecule has 2 aliphatic rings. The normalized spacial score (nSPS) is 24.5. The van der Waals surface area contributed by atoms with E-state index in [1.165, 1.54) is 0 Å². The molecule has 2 heterocycles. The number of hydrogen-bond donors (Lipinski definition) is 0. The number of carbonyl (C=O) groups is 1. The van der Waals surface area contributed by atoms with Crippen molar-refractivity contribution in [2.45, 2.75) is 39.2 Å². The summed E-state index contributed by atoms with van der Waals surface area (Å²) in [6, 6.07) is 0.758. The van der Waals surface area contributed by atoms with Gasteiger partial charge < -0.3 is 14.7 Å². The van der Waals surface area contributed by atoms with Crippen molar-refractivity contribution in [3.8, 4) is 0 Å². The third-order valence-electron chi connectivity index (χ3n) is 4.17. The summed E-state index contributed by atoms with van der Waals surface area (Å²) in [5, 5.41) is 0. The molecular formula is C13H25N3O. The highest BCUT2D eigenvalue weighted by molar-refractivity contribution is 5.75. The molecule has 4 nitrogen and oxygen atoms in total. The smallest absolute Gasteiger partial charge is 0.320 e. The maximum absolute atomic E-state index is 12.2. The Hall–Kier alpha value is -0.770. The SMILES string of the molecule is CCN1CCC(N2CCCN(CC)C2=O)CC1. The average Bonchev–Trinajstić information content (AvgIpc) is 2.39. The van der Waals surface area contributed by atoms with Gasteiger partial charge in [0.15, 0.2) is 0 Å². The van der Waals surface area contributed by atoms with Crippen molar-refractivity contribution < 1.29 is 4.79 Å². The van der Waals surface area contributed by atoms with Gasteiger partial charge in [-0.25, -0.2) is 4.79 Å². The van der Waals surface area contributed by atoms with Gasteiger partial charge in [0, 0.05) is 38.8 Å². The maximum atomic E-state index is 12.2. The van der Waals surface area contributed by atoms with Gasteiger partial charge >= 0.3 is 6.03 Å². The minimum Gasteiger partial charge on any atom is -0.325 e. The third kappa shape index (κ3) is 2.73. The van der Waals surface area contributed by atoms with Crippen LogP contribution in [-0.2, 0) is 0 Å². The van der Waals surface area contributed by atoms with Gasteiger partial charge in [-0.3, -0.25) is 0 Å². The predicted molar refractivity (Wildman–Crippen MR) is 69.1 cm³/mol. The van der Waals surface area contributed by atoms with Crippen molar-refractivity contribution >= 4 is 6.03 Å². The summed E-state index contributed by atoms with van der Waals surface area (Å²) in [4.78, 5) is 18.8. The lowest BCUT2D eigenvalue weighted by molar-refractivity contribution is 0.0813. The highest BCUT2D eigenvalue weighted by atomic mass is 16.2. The molecule has 2 rings (SSSR count). The number of rotatable bonds is 3.